The molecule has 2 aromatic carbocycles. The summed E-state index contributed by atoms with van der Waals surface area (Å²) in [7, 11) is 1.92. The number of halogens is 4. The van der Waals surface area contributed by atoms with Gasteiger partial charge in [-0.15, -0.1) is 0 Å². The van der Waals surface area contributed by atoms with E-state index in [2.05, 4.69) is 10.3 Å². The number of aromatic nitrogens is 2. The lowest BCUT2D eigenvalue weighted by Gasteiger charge is -2.11. The highest BCUT2D eigenvalue weighted by Crippen LogP contribution is 2.30. The van der Waals surface area contributed by atoms with E-state index in [4.69, 9.17) is 46.4 Å². The number of nitrogens with one attached hydrogen (secondary N) is 1. The van der Waals surface area contributed by atoms with Gasteiger partial charge in [-0.2, -0.15) is 0 Å². The number of nitrogens with zero attached hydrogens (tertiary/aromatic N) is 2. The maximum absolute atomic E-state index is 6.19. The molecule has 0 aliphatic heterocycles. The van der Waals surface area contributed by atoms with Gasteiger partial charge in [0.1, 0.15) is 0 Å². The van der Waals surface area contributed by atoms with Crippen molar-refractivity contribution in [3.8, 4) is 11.3 Å². The van der Waals surface area contributed by atoms with Gasteiger partial charge in [0.25, 0.3) is 0 Å². The van der Waals surface area contributed by atoms with Crippen LogP contribution in [0.5, 0.6) is 0 Å². The Morgan fingerprint density at radius 3 is 2.33 bits per heavy atom. The van der Waals surface area contributed by atoms with E-state index in [-0.39, 0.29) is 0 Å². The van der Waals surface area contributed by atoms with Crippen molar-refractivity contribution in [2.75, 3.05) is 5.32 Å². The Balaban J connectivity index is 1.84. The molecule has 0 bridgehead atoms. The number of anilines is 1. The molecule has 0 unspecified atom stereocenters. The molecule has 3 nitrogen and oxygen atoms in total. The number of benzene rings is 2. The fourth-order valence-electron chi connectivity index (χ4n) is 2.37. The molecule has 1 heterocycles. The molecular formula is C17H13Cl4N3. The molecule has 1 N–H and O–H groups in total. The van der Waals surface area contributed by atoms with Crippen molar-refractivity contribution in [2.24, 2.45) is 7.05 Å². The van der Waals surface area contributed by atoms with Crippen LogP contribution in [0.2, 0.25) is 20.1 Å². The SMILES string of the molecule is Cn1c(-c2ccc(Cl)c(Cl)c2)cnc1NCc1c(Cl)cccc1Cl. The zero-order chi connectivity index (χ0) is 17.3. The zero-order valence-electron chi connectivity index (χ0n) is 12.7. The third-order valence-electron chi connectivity index (χ3n) is 3.69. The fourth-order valence-corrected chi connectivity index (χ4v) is 3.20. The molecular weight excluding hydrogens is 388 g/mol. The molecule has 0 atom stereocenters. The monoisotopic (exact) mass is 399 g/mol. The zero-order valence-corrected chi connectivity index (χ0v) is 15.7. The number of imidazole rings is 1. The second-order valence-electron chi connectivity index (χ2n) is 5.21. The van der Waals surface area contributed by atoms with Gasteiger partial charge in [0.2, 0.25) is 5.95 Å². The Bertz CT molecular complexity index is 869. The van der Waals surface area contributed by atoms with E-state index >= 15 is 0 Å². The standard InChI is InChI=1S/C17H13Cl4N3/c1-24-16(10-5-6-14(20)15(21)7-10)9-23-17(24)22-8-11-12(18)3-2-4-13(11)19/h2-7,9H,8H2,1H3,(H,22,23). The second-order valence-corrected chi connectivity index (χ2v) is 6.84. The highest BCUT2D eigenvalue weighted by molar-refractivity contribution is 6.42. The lowest BCUT2D eigenvalue weighted by molar-refractivity contribution is 0.907. The summed E-state index contributed by atoms with van der Waals surface area (Å²) < 4.78 is 1.93. The number of hydrogen-bond acceptors (Lipinski definition) is 2. The van der Waals surface area contributed by atoms with E-state index in [0.717, 1.165) is 16.8 Å². The van der Waals surface area contributed by atoms with Crippen molar-refractivity contribution >= 4 is 52.4 Å². The quantitative estimate of drug-likeness (QED) is 0.555. The summed E-state index contributed by atoms with van der Waals surface area (Å²) >= 11 is 24.4. The summed E-state index contributed by atoms with van der Waals surface area (Å²) in [6, 6.07) is 10.9. The summed E-state index contributed by atoms with van der Waals surface area (Å²) in [6.07, 6.45) is 1.77. The van der Waals surface area contributed by atoms with E-state index < -0.39 is 0 Å². The summed E-state index contributed by atoms with van der Waals surface area (Å²) in [5.41, 5.74) is 2.68. The lowest BCUT2D eigenvalue weighted by Crippen LogP contribution is -2.06. The van der Waals surface area contributed by atoms with Crippen LogP contribution in [0.15, 0.2) is 42.6 Å². The second kappa shape index (κ2) is 7.24. The average molecular weight is 401 g/mol. The van der Waals surface area contributed by atoms with Gasteiger partial charge in [-0.1, -0.05) is 58.5 Å². The molecule has 0 amide bonds. The first-order valence-electron chi connectivity index (χ1n) is 7.11. The van der Waals surface area contributed by atoms with E-state index in [1.807, 2.05) is 41.9 Å². The molecule has 3 rings (SSSR count). The molecule has 7 heteroatoms. The van der Waals surface area contributed by atoms with Crippen LogP contribution in [-0.2, 0) is 13.6 Å². The summed E-state index contributed by atoms with van der Waals surface area (Å²) in [5.74, 6) is 0.701. The first-order chi connectivity index (χ1) is 11.5. The predicted octanol–water partition coefficient (Wildman–Crippen LogP) is 6.31. The van der Waals surface area contributed by atoms with Gasteiger partial charge in [-0.3, -0.25) is 0 Å². The largest absolute Gasteiger partial charge is 0.351 e. The van der Waals surface area contributed by atoms with Gasteiger partial charge in [0.15, 0.2) is 0 Å². The van der Waals surface area contributed by atoms with Crippen molar-refractivity contribution < 1.29 is 0 Å². The summed E-state index contributed by atoms with van der Waals surface area (Å²) in [6.45, 7) is 0.476. The van der Waals surface area contributed by atoms with Gasteiger partial charge in [-0.25, -0.2) is 4.98 Å². The maximum atomic E-state index is 6.19. The molecule has 0 radical (unpaired) electrons. The molecule has 0 saturated carbocycles. The first kappa shape index (κ1) is 17.4. The molecule has 1 aromatic heterocycles. The Labute approximate surface area is 160 Å². The predicted molar refractivity (Wildman–Crippen MR) is 102 cm³/mol. The minimum Gasteiger partial charge on any atom is -0.351 e. The molecule has 0 fully saturated rings. The topological polar surface area (TPSA) is 29.9 Å². The summed E-state index contributed by atoms with van der Waals surface area (Å²) in [5, 5.41) is 5.52. The minimum absolute atomic E-state index is 0.476. The third-order valence-corrected chi connectivity index (χ3v) is 5.14. The van der Waals surface area contributed by atoms with Crippen LogP contribution < -0.4 is 5.32 Å². The van der Waals surface area contributed by atoms with Crippen LogP contribution in [0.4, 0.5) is 5.95 Å². The summed E-state index contributed by atoms with van der Waals surface area (Å²) in [4.78, 5) is 4.41. The van der Waals surface area contributed by atoms with Crippen LogP contribution in [0.25, 0.3) is 11.3 Å². The third kappa shape index (κ3) is 3.50. The smallest absolute Gasteiger partial charge is 0.203 e. The minimum atomic E-state index is 0.476. The van der Waals surface area contributed by atoms with E-state index in [0.29, 0.717) is 32.6 Å². The van der Waals surface area contributed by atoms with Crippen molar-refractivity contribution in [2.45, 2.75) is 6.54 Å². The average Bonchev–Trinajstić information content (AvgIpc) is 2.91. The van der Waals surface area contributed by atoms with Crippen molar-refractivity contribution in [3.63, 3.8) is 0 Å². The molecule has 0 saturated heterocycles. The van der Waals surface area contributed by atoms with Gasteiger partial charge in [-0.05, 0) is 24.3 Å². The van der Waals surface area contributed by atoms with Gasteiger partial charge in [0.05, 0.1) is 21.9 Å². The van der Waals surface area contributed by atoms with Crippen LogP contribution in [-0.4, -0.2) is 9.55 Å². The maximum Gasteiger partial charge on any atom is 0.203 e. The Morgan fingerprint density at radius 2 is 1.67 bits per heavy atom. The van der Waals surface area contributed by atoms with Crippen molar-refractivity contribution in [1.82, 2.24) is 9.55 Å². The highest BCUT2D eigenvalue weighted by Gasteiger charge is 2.11. The van der Waals surface area contributed by atoms with Crippen LogP contribution >= 0.6 is 46.4 Å². The Morgan fingerprint density at radius 1 is 0.958 bits per heavy atom. The van der Waals surface area contributed by atoms with Crippen LogP contribution in [0.1, 0.15) is 5.56 Å². The van der Waals surface area contributed by atoms with Gasteiger partial charge < -0.3 is 9.88 Å². The normalized spacial score (nSPS) is 10.9. The van der Waals surface area contributed by atoms with Crippen LogP contribution in [0, 0.1) is 0 Å². The highest BCUT2D eigenvalue weighted by atomic mass is 35.5. The van der Waals surface area contributed by atoms with Gasteiger partial charge >= 0.3 is 0 Å². The Kier molecular flexibility index (Phi) is 5.26. The van der Waals surface area contributed by atoms with Crippen molar-refractivity contribution in [3.05, 3.63) is 68.2 Å². The van der Waals surface area contributed by atoms with Gasteiger partial charge in [0, 0.05) is 34.8 Å². The fraction of sp³-hybridized carbons (Fsp3) is 0.118. The Hall–Kier alpha value is -1.39. The molecule has 24 heavy (non-hydrogen) atoms. The number of rotatable bonds is 4. The lowest BCUT2D eigenvalue weighted by atomic mass is 10.2. The molecule has 0 aliphatic rings. The number of hydrogen-bond donors (Lipinski definition) is 1. The molecule has 0 aliphatic carbocycles. The molecule has 124 valence electrons. The molecule has 0 spiro atoms. The molecule has 3 aromatic rings. The first-order valence-corrected chi connectivity index (χ1v) is 8.62. The van der Waals surface area contributed by atoms with Crippen molar-refractivity contribution in [1.29, 1.82) is 0 Å². The van der Waals surface area contributed by atoms with Crippen LogP contribution in [0.3, 0.4) is 0 Å². The van der Waals surface area contributed by atoms with E-state index in [9.17, 15) is 0 Å². The van der Waals surface area contributed by atoms with E-state index in [1.54, 1.807) is 12.3 Å². The van der Waals surface area contributed by atoms with E-state index in [1.165, 1.54) is 0 Å².